The van der Waals surface area contributed by atoms with Crippen LogP contribution < -0.4 is 0 Å². The molecule has 0 unspecified atom stereocenters. The van der Waals surface area contributed by atoms with Gasteiger partial charge in [-0.05, 0) is 41.7 Å². The molecule has 0 saturated carbocycles. The highest BCUT2D eigenvalue weighted by Crippen LogP contribution is 2.48. The van der Waals surface area contributed by atoms with E-state index in [4.69, 9.17) is 0 Å². The van der Waals surface area contributed by atoms with Crippen molar-refractivity contribution in [3.05, 3.63) is 70.8 Å². The maximum Gasteiger partial charge on any atom is 0.168 e. The number of carbonyl (C=O) groups excluding carboxylic acids is 2. The SMILES string of the molecule is CC.CC.CC1(C)C(=O)Cc2ccccc2C2=C1c1ccccc1CC2=O. The molecule has 0 spiro atoms. The molecule has 2 aliphatic rings. The normalized spacial score (nSPS) is 16.5. The van der Waals surface area contributed by atoms with Gasteiger partial charge in [-0.15, -0.1) is 0 Å². The van der Waals surface area contributed by atoms with E-state index >= 15 is 0 Å². The maximum absolute atomic E-state index is 12.9. The van der Waals surface area contributed by atoms with Gasteiger partial charge in [-0.1, -0.05) is 76.2 Å². The van der Waals surface area contributed by atoms with Gasteiger partial charge in [-0.3, -0.25) is 9.59 Å². The summed E-state index contributed by atoms with van der Waals surface area (Å²) in [6, 6.07) is 15.8. The summed E-state index contributed by atoms with van der Waals surface area (Å²) in [5.74, 6) is 0.286. The Hall–Kier alpha value is -2.48. The van der Waals surface area contributed by atoms with Crippen LogP contribution in [0.3, 0.4) is 0 Å². The second-order valence-electron chi connectivity index (χ2n) is 6.89. The van der Waals surface area contributed by atoms with Crippen LogP contribution in [-0.2, 0) is 22.4 Å². The molecule has 2 aromatic rings. The molecule has 0 heterocycles. The van der Waals surface area contributed by atoms with Crippen molar-refractivity contribution < 1.29 is 9.59 Å². The van der Waals surface area contributed by atoms with Crippen molar-refractivity contribution in [2.75, 3.05) is 0 Å². The van der Waals surface area contributed by atoms with Gasteiger partial charge in [0.2, 0.25) is 0 Å². The van der Waals surface area contributed by atoms with Gasteiger partial charge in [-0.25, -0.2) is 0 Å². The zero-order chi connectivity index (χ0) is 20.2. The highest BCUT2D eigenvalue weighted by molar-refractivity contribution is 6.33. The van der Waals surface area contributed by atoms with Crippen molar-refractivity contribution in [1.82, 2.24) is 0 Å². The number of Topliss-reactive ketones (excluding diaryl/α,β-unsaturated/α-hetero) is 2. The summed E-state index contributed by atoms with van der Waals surface area (Å²) < 4.78 is 0. The Morgan fingerprint density at radius 1 is 0.704 bits per heavy atom. The Balaban J connectivity index is 0.000000614. The van der Waals surface area contributed by atoms with E-state index in [1.54, 1.807) is 0 Å². The highest BCUT2D eigenvalue weighted by atomic mass is 16.1. The van der Waals surface area contributed by atoms with Crippen LogP contribution in [0, 0.1) is 5.41 Å². The van der Waals surface area contributed by atoms with Crippen LogP contribution in [0.4, 0.5) is 0 Å². The highest BCUT2D eigenvalue weighted by Gasteiger charge is 2.42. The van der Waals surface area contributed by atoms with E-state index in [9.17, 15) is 9.59 Å². The van der Waals surface area contributed by atoms with E-state index in [1.807, 2.05) is 90.1 Å². The first-order chi connectivity index (χ1) is 13.0. The lowest BCUT2D eigenvalue weighted by molar-refractivity contribution is -0.123. The van der Waals surface area contributed by atoms with E-state index in [-0.39, 0.29) is 11.6 Å². The Morgan fingerprint density at radius 2 is 1.19 bits per heavy atom. The number of hydrogen-bond acceptors (Lipinski definition) is 2. The minimum atomic E-state index is -0.666. The molecule has 0 bridgehead atoms. The molecule has 0 radical (unpaired) electrons. The quantitative estimate of drug-likeness (QED) is 0.582. The molecule has 0 N–H and O–H groups in total. The second-order valence-corrected chi connectivity index (χ2v) is 6.89. The van der Waals surface area contributed by atoms with Crippen molar-refractivity contribution in [3.63, 3.8) is 0 Å². The van der Waals surface area contributed by atoms with Gasteiger partial charge < -0.3 is 0 Å². The Labute approximate surface area is 163 Å². The summed E-state index contributed by atoms with van der Waals surface area (Å²) in [6.45, 7) is 11.9. The third kappa shape index (κ3) is 3.53. The van der Waals surface area contributed by atoms with Crippen LogP contribution in [0.15, 0.2) is 48.5 Å². The lowest BCUT2D eigenvalue weighted by atomic mass is 9.70. The zero-order valence-corrected chi connectivity index (χ0v) is 17.3. The van der Waals surface area contributed by atoms with E-state index < -0.39 is 5.41 Å². The number of ketones is 2. The Kier molecular flexibility index (Phi) is 6.54. The first-order valence-electron chi connectivity index (χ1n) is 9.98. The molecule has 2 aromatic carbocycles. The van der Waals surface area contributed by atoms with Crippen molar-refractivity contribution in [2.24, 2.45) is 5.41 Å². The lowest BCUT2D eigenvalue weighted by Gasteiger charge is -2.31. The Bertz CT molecular complexity index is 885. The van der Waals surface area contributed by atoms with Crippen LogP contribution in [0.25, 0.3) is 11.1 Å². The number of carbonyl (C=O) groups is 2. The second kappa shape index (κ2) is 8.47. The predicted octanol–water partition coefficient (Wildman–Crippen LogP) is 5.93. The fourth-order valence-corrected chi connectivity index (χ4v) is 3.84. The summed E-state index contributed by atoms with van der Waals surface area (Å²) in [5.41, 5.74) is 4.95. The minimum Gasteiger partial charge on any atom is -0.298 e. The van der Waals surface area contributed by atoms with Crippen LogP contribution in [-0.4, -0.2) is 11.6 Å². The molecule has 2 aliphatic carbocycles. The van der Waals surface area contributed by atoms with E-state index in [2.05, 4.69) is 0 Å². The van der Waals surface area contributed by atoms with Gasteiger partial charge in [0.1, 0.15) is 5.78 Å². The summed E-state index contributed by atoms with van der Waals surface area (Å²) in [5, 5.41) is 0. The molecule has 0 aromatic heterocycles. The van der Waals surface area contributed by atoms with Crippen molar-refractivity contribution in [3.8, 4) is 0 Å². The number of hydrogen-bond donors (Lipinski definition) is 0. The molecular formula is C25H30O2. The van der Waals surface area contributed by atoms with Gasteiger partial charge in [0.15, 0.2) is 5.78 Å². The van der Waals surface area contributed by atoms with Gasteiger partial charge in [0.25, 0.3) is 0 Å². The molecule has 0 atom stereocenters. The van der Waals surface area contributed by atoms with Gasteiger partial charge in [-0.2, -0.15) is 0 Å². The molecule has 27 heavy (non-hydrogen) atoms. The molecule has 2 heteroatoms. The topological polar surface area (TPSA) is 34.1 Å². The standard InChI is InChI=1S/C21H18O2.2C2H6/c1-21(2)18(23)12-14-8-3-5-9-15(14)19-17(22)11-13-7-4-6-10-16(13)20(19)21;2*1-2/h3-10H,11-12H2,1-2H3;2*1-2H3. The molecule has 4 rings (SSSR count). The number of benzene rings is 2. The minimum absolute atomic E-state index is 0.119. The lowest BCUT2D eigenvalue weighted by Crippen LogP contribution is -2.29. The van der Waals surface area contributed by atoms with Crippen molar-refractivity contribution in [1.29, 1.82) is 0 Å². The molecule has 0 fully saturated rings. The number of fused-ring (bicyclic) bond motifs is 4. The summed E-state index contributed by atoms with van der Waals surface area (Å²) >= 11 is 0. The van der Waals surface area contributed by atoms with E-state index in [0.717, 1.165) is 33.4 Å². The fourth-order valence-electron chi connectivity index (χ4n) is 3.84. The fraction of sp³-hybridized carbons (Fsp3) is 0.360. The summed E-state index contributed by atoms with van der Waals surface area (Å²) in [4.78, 5) is 25.9. The largest absolute Gasteiger partial charge is 0.298 e. The van der Waals surface area contributed by atoms with Gasteiger partial charge >= 0.3 is 0 Å². The van der Waals surface area contributed by atoms with E-state index in [0.29, 0.717) is 12.8 Å². The van der Waals surface area contributed by atoms with Crippen molar-refractivity contribution >= 4 is 22.7 Å². The monoisotopic (exact) mass is 362 g/mol. The number of rotatable bonds is 0. The predicted molar refractivity (Wildman–Crippen MR) is 114 cm³/mol. The third-order valence-corrected chi connectivity index (χ3v) is 5.13. The molecule has 0 amide bonds. The van der Waals surface area contributed by atoms with Crippen molar-refractivity contribution in [2.45, 2.75) is 54.4 Å². The van der Waals surface area contributed by atoms with E-state index in [1.165, 1.54) is 0 Å². The summed E-state index contributed by atoms with van der Waals surface area (Å²) in [6.07, 6.45) is 0.791. The molecule has 0 saturated heterocycles. The molecular weight excluding hydrogens is 332 g/mol. The third-order valence-electron chi connectivity index (χ3n) is 5.13. The average molecular weight is 363 g/mol. The van der Waals surface area contributed by atoms with Gasteiger partial charge in [0, 0.05) is 23.8 Å². The van der Waals surface area contributed by atoms with Crippen LogP contribution in [0.2, 0.25) is 0 Å². The zero-order valence-electron chi connectivity index (χ0n) is 17.3. The molecule has 2 nitrogen and oxygen atoms in total. The van der Waals surface area contributed by atoms with Crippen LogP contribution in [0.1, 0.15) is 63.8 Å². The maximum atomic E-state index is 12.9. The Morgan fingerprint density at radius 3 is 1.78 bits per heavy atom. The van der Waals surface area contributed by atoms with Gasteiger partial charge in [0.05, 0.1) is 0 Å². The number of allylic oxidation sites excluding steroid dienone is 2. The average Bonchev–Trinajstić information content (AvgIpc) is 2.78. The first kappa shape index (κ1) is 20.8. The smallest absolute Gasteiger partial charge is 0.168 e. The molecule has 0 aliphatic heterocycles. The molecule has 142 valence electrons. The summed E-state index contributed by atoms with van der Waals surface area (Å²) in [7, 11) is 0. The van der Waals surface area contributed by atoms with Crippen LogP contribution in [0.5, 0.6) is 0 Å². The first-order valence-corrected chi connectivity index (χ1v) is 9.98. The van der Waals surface area contributed by atoms with Crippen LogP contribution >= 0.6 is 0 Å².